The lowest BCUT2D eigenvalue weighted by Gasteiger charge is -2.34. The highest BCUT2D eigenvalue weighted by Crippen LogP contribution is 2.24. The van der Waals surface area contributed by atoms with E-state index in [2.05, 4.69) is 25.6 Å². The van der Waals surface area contributed by atoms with Crippen LogP contribution in [0.2, 0.25) is 0 Å². The van der Waals surface area contributed by atoms with Crippen molar-refractivity contribution in [1.82, 2.24) is 29.9 Å². The van der Waals surface area contributed by atoms with Crippen LogP contribution in [0.3, 0.4) is 0 Å². The molecule has 1 fully saturated rings. The highest BCUT2D eigenvalue weighted by Gasteiger charge is 2.25. The van der Waals surface area contributed by atoms with Crippen LogP contribution in [0, 0.1) is 0 Å². The van der Waals surface area contributed by atoms with Gasteiger partial charge >= 0.3 is 0 Å². The first-order chi connectivity index (χ1) is 13.1. The Morgan fingerprint density at radius 3 is 2.74 bits per heavy atom. The molecule has 1 saturated carbocycles. The van der Waals surface area contributed by atoms with E-state index in [1.165, 1.54) is 0 Å². The van der Waals surface area contributed by atoms with Gasteiger partial charge in [0.25, 0.3) is 0 Å². The molecule has 0 spiro atoms. The Labute approximate surface area is 157 Å². The molecule has 27 heavy (non-hydrogen) atoms. The fourth-order valence-corrected chi connectivity index (χ4v) is 3.62. The first kappa shape index (κ1) is 17.4. The van der Waals surface area contributed by atoms with Crippen LogP contribution in [0.4, 0.5) is 5.95 Å². The predicted molar refractivity (Wildman–Crippen MR) is 103 cm³/mol. The van der Waals surface area contributed by atoms with Crippen LogP contribution in [0.15, 0.2) is 36.5 Å². The lowest BCUT2D eigenvalue weighted by atomic mass is 9.90. The molecule has 0 bridgehead atoms. The van der Waals surface area contributed by atoms with E-state index in [1.54, 1.807) is 17.8 Å². The summed E-state index contributed by atoms with van der Waals surface area (Å²) in [7, 11) is 1.88. The van der Waals surface area contributed by atoms with Crippen molar-refractivity contribution in [2.75, 3.05) is 12.4 Å². The second-order valence-electron chi connectivity index (χ2n) is 7.01. The SMILES string of the molecule is CC(=O)N(C)C1CCC(Nc2nccc(-n3nnc4ccccc43)n2)CC1. The van der Waals surface area contributed by atoms with Crippen LogP contribution in [0.25, 0.3) is 16.9 Å². The van der Waals surface area contributed by atoms with Gasteiger partial charge in [-0.3, -0.25) is 4.79 Å². The summed E-state index contributed by atoms with van der Waals surface area (Å²) in [6, 6.07) is 10.3. The molecule has 1 aliphatic carbocycles. The molecular weight excluding hydrogens is 342 g/mol. The van der Waals surface area contributed by atoms with Gasteiger partial charge in [0, 0.05) is 38.3 Å². The number of anilines is 1. The van der Waals surface area contributed by atoms with Gasteiger partial charge in [-0.2, -0.15) is 9.67 Å². The van der Waals surface area contributed by atoms with Crippen LogP contribution in [0.1, 0.15) is 32.6 Å². The molecule has 8 nitrogen and oxygen atoms in total. The lowest BCUT2D eigenvalue weighted by molar-refractivity contribution is -0.130. The Morgan fingerprint density at radius 1 is 1.19 bits per heavy atom. The third kappa shape index (κ3) is 3.60. The molecule has 0 aliphatic heterocycles. The molecule has 2 aromatic heterocycles. The maximum Gasteiger partial charge on any atom is 0.224 e. The fraction of sp³-hybridized carbons (Fsp3) is 0.421. The normalized spacial score (nSPS) is 19.8. The van der Waals surface area contributed by atoms with Gasteiger partial charge in [0.1, 0.15) is 5.52 Å². The molecule has 0 saturated heterocycles. The van der Waals surface area contributed by atoms with Crippen LogP contribution in [-0.2, 0) is 4.79 Å². The number of carbonyl (C=O) groups is 1. The van der Waals surface area contributed by atoms with Gasteiger partial charge in [0.2, 0.25) is 11.9 Å². The van der Waals surface area contributed by atoms with Crippen molar-refractivity contribution in [3.8, 4) is 5.82 Å². The van der Waals surface area contributed by atoms with Gasteiger partial charge in [0.15, 0.2) is 5.82 Å². The van der Waals surface area contributed by atoms with Crippen LogP contribution in [-0.4, -0.2) is 54.9 Å². The van der Waals surface area contributed by atoms with E-state index in [4.69, 9.17) is 0 Å². The number of fused-ring (bicyclic) bond motifs is 1. The zero-order chi connectivity index (χ0) is 18.8. The quantitative estimate of drug-likeness (QED) is 0.764. The number of aromatic nitrogens is 5. The number of hydrogen-bond donors (Lipinski definition) is 1. The Hall–Kier alpha value is -3.03. The topological polar surface area (TPSA) is 88.8 Å². The Kier molecular flexibility index (Phi) is 4.70. The van der Waals surface area contributed by atoms with Crippen LogP contribution < -0.4 is 5.32 Å². The third-order valence-electron chi connectivity index (χ3n) is 5.28. The highest BCUT2D eigenvalue weighted by atomic mass is 16.2. The number of para-hydroxylation sites is 1. The summed E-state index contributed by atoms with van der Waals surface area (Å²) in [4.78, 5) is 22.4. The number of hydrogen-bond acceptors (Lipinski definition) is 6. The van der Waals surface area contributed by atoms with Gasteiger partial charge < -0.3 is 10.2 Å². The molecule has 2 heterocycles. The van der Waals surface area contributed by atoms with Gasteiger partial charge in [0.05, 0.1) is 5.52 Å². The maximum absolute atomic E-state index is 11.5. The summed E-state index contributed by atoms with van der Waals surface area (Å²) in [5.74, 6) is 1.41. The van der Waals surface area contributed by atoms with Crippen molar-refractivity contribution in [3.05, 3.63) is 36.5 Å². The van der Waals surface area contributed by atoms with E-state index in [-0.39, 0.29) is 5.91 Å². The van der Waals surface area contributed by atoms with Crippen molar-refractivity contribution >= 4 is 22.9 Å². The zero-order valence-electron chi connectivity index (χ0n) is 15.5. The monoisotopic (exact) mass is 365 g/mol. The second kappa shape index (κ2) is 7.30. The van der Waals surface area contributed by atoms with Crippen molar-refractivity contribution in [3.63, 3.8) is 0 Å². The molecule has 0 unspecified atom stereocenters. The average molecular weight is 365 g/mol. The minimum absolute atomic E-state index is 0.127. The minimum Gasteiger partial charge on any atom is -0.351 e. The molecule has 0 radical (unpaired) electrons. The fourth-order valence-electron chi connectivity index (χ4n) is 3.62. The highest BCUT2D eigenvalue weighted by molar-refractivity contribution is 5.75. The maximum atomic E-state index is 11.5. The molecule has 1 amide bonds. The molecule has 1 N–H and O–H groups in total. The number of carbonyl (C=O) groups excluding carboxylic acids is 1. The summed E-state index contributed by atoms with van der Waals surface area (Å²) in [6.07, 6.45) is 5.68. The summed E-state index contributed by atoms with van der Waals surface area (Å²) in [6.45, 7) is 1.62. The lowest BCUT2D eigenvalue weighted by Crippen LogP contribution is -2.40. The number of rotatable bonds is 4. The average Bonchev–Trinajstić information content (AvgIpc) is 3.12. The second-order valence-corrected chi connectivity index (χ2v) is 7.01. The summed E-state index contributed by atoms with van der Waals surface area (Å²) in [5.41, 5.74) is 1.74. The first-order valence-corrected chi connectivity index (χ1v) is 9.25. The van der Waals surface area contributed by atoms with Crippen molar-refractivity contribution in [1.29, 1.82) is 0 Å². The third-order valence-corrected chi connectivity index (χ3v) is 5.28. The van der Waals surface area contributed by atoms with E-state index in [0.29, 0.717) is 23.8 Å². The minimum atomic E-state index is 0.127. The van der Waals surface area contributed by atoms with Crippen molar-refractivity contribution in [2.24, 2.45) is 0 Å². The molecule has 1 aromatic carbocycles. The number of nitrogens with one attached hydrogen (secondary N) is 1. The van der Waals surface area contributed by atoms with Crippen LogP contribution >= 0.6 is 0 Å². The first-order valence-electron chi connectivity index (χ1n) is 9.25. The van der Waals surface area contributed by atoms with E-state index >= 15 is 0 Å². The van der Waals surface area contributed by atoms with Gasteiger partial charge in [-0.15, -0.1) is 5.10 Å². The van der Waals surface area contributed by atoms with Gasteiger partial charge in [-0.25, -0.2) is 4.98 Å². The summed E-state index contributed by atoms with van der Waals surface area (Å²) < 4.78 is 1.72. The number of benzene rings is 1. The largest absolute Gasteiger partial charge is 0.351 e. The van der Waals surface area contributed by atoms with E-state index < -0.39 is 0 Å². The summed E-state index contributed by atoms with van der Waals surface area (Å²) >= 11 is 0. The van der Waals surface area contributed by atoms with E-state index in [1.807, 2.05) is 42.3 Å². The van der Waals surface area contributed by atoms with Crippen molar-refractivity contribution < 1.29 is 4.79 Å². The molecule has 4 rings (SSSR count). The Balaban J connectivity index is 1.46. The van der Waals surface area contributed by atoms with E-state index in [0.717, 1.165) is 36.7 Å². The molecule has 0 atom stereocenters. The number of nitrogens with zero attached hydrogens (tertiary/aromatic N) is 6. The predicted octanol–water partition coefficient (Wildman–Crippen LogP) is 2.41. The van der Waals surface area contributed by atoms with Gasteiger partial charge in [-0.1, -0.05) is 17.3 Å². The van der Waals surface area contributed by atoms with Crippen LogP contribution in [0.5, 0.6) is 0 Å². The van der Waals surface area contributed by atoms with E-state index in [9.17, 15) is 4.79 Å². The zero-order valence-corrected chi connectivity index (χ0v) is 15.5. The Morgan fingerprint density at radius 2 is 1.96 bits per heavy atom. The molecule has 1 aliphatic rings. The molecular formula is C19H23N7O. The molecule has 3 aromatic rings. The Bertz CT molecular complexity index is 946. The smallest absolute Gasteiger partial charge is 0.224 e. The molecule has 140 valence electrons. The van der Waals surface area contributed by atoms with Crippen molar-refractivity contribution in [2.45, 2.75) is 44.7 Å². The number of amides is 1. The van der Waals surface area contributed by atoms with Gasteiger partial charge in [-0.05, 0) is 37.8 Å². The summed E-state index contributed by atoms with van der Waals surface area (Å²) in [5, 5.41) is 11.8. The standard InChI is InChI=1S/C19H23N7O/c1-13(27)25(2)15-9-7-14(8-10-15)21-19-20-12-11-18(22-19)26-17-6-4-3-5-16(17)23-24-26/h3-6,11-12,14-15H,7-10H2,1-2H3,(H,20,21,22). The molecule has 8 heteroatoms.